The molecule has 8 nitrogen and oxygen atoms in total. The van der Waals surface area contributed by atoms with Crippen LogP contribution in [0, 0.1) is 0 Å². The summed E-state index contributed by atoms with van der Waals surface area (Å²) in [5.41, 5.74) is 3.85. The molecule has 8 heteroatoms. The zero-order chi connectivity index (χ0) is 21.9. The van der Waals surface area contributed by atoms with Crippen molar-refractivity contribution in [2.45, 2.75) is 25.7 Å². The molecular weight excluding hydrogens is 408 g/mol. The van der Waals surface area contributed by atoms with Crippen LogP contribution in [0.2, 0.25) is 0 Å². The highest BCUT2D eigenvalue weighted by Gasteiger charge is 2.24. The molecule has 4 aromatic rings. The summed E-state index contributed by atoms with van der Waals surface area (Å²) in [7, 11) is 0. The smallest absolute Gasteiger partial charge is 0.339 e. The molecule has 0 aliphatic heterocycles. The summed E-state index contributed by atoms with van der Waals surface area (Å²) < 4.78 is 10.8. The molecule has 2 heterocycles. The molecule has 160 valence electrons. The second-order valence-electron chi connectivity index (χ2n) is 7.54. The summed E-state index contributed by atoms with van der Waals surface area (Å²) in [5, 5.41) is 10.9. The number of hydrogen-bond donors (Lipinski definition) is 1. The molecule has 1 aliphatic rings. The van der Waals surface area contributed by atoms with Gasteiger partial charge in [-0.25, -0.2) is 4.79 Å². The fourth-order valence-electron chi connectivity index (χ4n) is 3.94. The zero-order valence-electron chi connectivity index (χ0n) is 17.2. The molecule has 0 saturated heterocycles. The Morgan fingerprint density at radius 3 is 2.62 bits per heavy atom. The van der Waals surface area contributed by atoms with Crippen LogP contribution in [0.3, 0.4) is 0 Å². The number of para-hydroxylation sites is 1. The van der Waals surface area contributed by atoms with Crippen LogP contribution >= 0.6 is 0 Å². The van der Waals surface area contributed by atoms with Crippen LogP contribution in [0.1, 0.15) is 34.5 Å². The van der Waals surface area contributed by atoms with E-state index < -0.39 is 18.5 Å². The first-order chi connectivity index (χ1) is 15.7. The average molecular weight is 428 g/mol. The number of aryl methyl sites for hydroxylation is 1. The van der Waals surface area contributed by atoms with Crippen LogP contribution in [0.15, 0.2) is 59.0 Å². The Hall–Kier alpha value is -4.07. The molecule has 0 radical (unpaired) electrons. The number of carbonyl (C=O) groups excluding carboxylic acids is 2. The second-order valence-corrected chi connectivity index (χ2v) is 7.54. The van der Waals surface area contributed by atoms with Crippen molar-refractivity contribution < 1.29 is 18.7 Å². The van der Waals surface area contributed by atoms with E-state index in [9.17, 15) is 9.59 Å². The molecule has 32 heavy (non-hydrogen) atoms. The summed E-state index contributed by atoms with van der Waals surface area (Å²) in [6.07, 6.45) is 3.65. The van der Waals surface area contributed by atoms with Crippen LogP contribution in [0.4, 0.5) is 6.01 Å². The molecule has 1 aliphatic carbocycles. The summed E-state index contributed by atoms with van der Waals surface area (Å²) in [6, 6.07) is 16.6. The molecule has 0 atom stereocenters. The lowest BCUT2D eigenvalue weighted by Gasteiger charge is -2.19. The van der Waals surface area contributed by atoms with E-state index in [0.29, 0.717) is 5.56 Å². The van der Waals surface area contributed by atoms with Crippen molar-refractivity contribution in [2.75, 3.05) is 11.9 Å². The first-order valence-electron chi connectivity index (χ1n) is 10.5. The van der Waals surface area contributed by atoms with Gasteiger partial charge in [0.15, 0.2) is 6.61 Å². The van der Waals surface area contributed by atoms with Crippen LogP contribution in [0.25, 0.3) is 22.4 Å². The quantitative estimate of drug-likeness (QED) is 0.480. The molecule has 0 saturated carbocycles. The van der Waals surface area contributed by atoms with Crippen LogP contribution in [0.5, 0.6) is 0 Å². The van der Waals surface area contributed by atoms with Crippen molar-refractivity contribution in [2.24, 2.45) is 0 Å². The minimum Gasteiger partial charge on any atom is -0.452 e. The predicted octanol–water partition coefficient (Wildman–Crippen LogP) is 3.96. The van der Waals surface area contributed by atoms with Crippen molar-refractivity contribution in [3.05, 3.63) is 71.4 Å². The highest BCUT2D eigenvalue weighted by atomic mass is 16.5. The lowest BCUT2D eigenvalue weighted by Crippen LogP contribution is -2.22. The SMILES string of the molecule is O=C(COC(=O)c1c2c(nc3ccccc13)CCCC2)Nc1nnc(-c2ccccc2)o1. The van der Waals surface area contributed by atoms with Gasteiger partial charge in [-0.15, -0.1) is 5.10 Å². The van der Waals surface area contributed by atoms with Crippen molar-refractivity contribution in [3.8, 4) is 11.5 Å². The molecule has 2 aromatic heterocycles. The molecule has 1 N–H and O–H groups in total. The lowest BCUT2D eigenvalue weighted by molar-refractivity contribution is -0.119. The van der Waals surface area contributed by atoms with Gasteiger partial charge in [0.2, 0.25) is 5.89 Å². The molecule has 0 fully saturated rings. The lowest BCUT2D eigenvalue weighted by atomic mass is 9.90. The normalized spacial score (nSPS) is 12.9. The van der Waals surface area contributed by atoms with Gasteiger partial charge in [-0.3, -0.25) is 15.1 Å². The van der Waals surface area contributed by atoms with E-state index in [4.69, 9.17) is 14.1 Å². The second kappa shape index (κ2) is 8.58. The van der Waals surface area contributed by atoms with E-state index >= 15 is 0 Å². The molecule has 0 spiro atoms. The van der Waals surface area contributed by atoms with Gasteiger partial charge in [-0.05, 0) is 49.4 Å². The van der Waals surface area contributed by atoms with E-state index in [-0.39, 0.29) is 11.9 Å². The van der Waals surface area contributed by atoms with Gasteiger partial charge >= 0.3 is 12.0 Å². The number of carbonyl (C=O) groups is 2. The molecule has 0 bridgehead atoms. The van der Waals surface area contributed by atoms with E-state index in [0.717, 1.165) is 53.4 Å². The summed E-state index contributed by atoms with van der Waals surface area (Å²) in [6.45, 7) is -0.465. The number of esters is 1. The third-order valence-electron chi connectivity index (χ3n) is 5.40. The van der Waals surface area contributed by atoms with Gasteiger partial charge < -0.3 is 9.15 Å². The first-order valence-corrected chi connectivity index (χ1v) is 10.5. The highest BCUT2D eigenvalue weighted by molar-refractivity contribution is 6.06. The minimum absolute atomic E-state index is 0.0587. The summed E-state index contributed by atoms with van der Waals surface area (Å²) >= 11 is 0. The monoisotopic (exact) mass is 428 g/mol. The van der Waals surface area contributed by atoms with E-state index in [2.05, 4.69) is 15.5 Å². The summed E-state index contributed by atoms with van der Waals surface area (Å²) in [4.78, 5) is 30.0. The van der Waals surface area contributed by atoms with Gasteiger partial charge in [-0.1, -0.05) is 41.5 Å². The zero-order valence-corrected chi connectivity index (χ0v) is 17.2. The van der Waals surface area contributed by atoms with Gasteiger partial charge in [0.1, 0.15) is 0 Å². The molecule has 5 rings (SSSR count). The number of amides is 1. The van der Waals surface area contributed by atoms with E-state index in [1.165, 1.54) is 0 Å². The van der Waals surface area contributed by atoms with Crippen molar-refractivity contribution in [3.63, 3.8) is 0 Å². The van der Waals surface area contributed by atoms with Crippen LogP contribution < -0.4 is 5.32 Å². The van der Waals surface area contributed by atoms with Gasteiger partial charge in [0, 0.05) is 16.6 Å². The number of fused-ring (bicyclic) bond motifs is 2. The largest absolute Gasteiger partial charge is 0.452 e. The maximum absolute atomic E-state index is 13.0. The fourth-order valence-corrected chi connectivity index (χ4v) is 3.94. The number of hydrogen-bond acceptors (Lipinski definition) is 7. The highest BCUT2D eigenvalue weighted by Crippen LogP contribution is 2.29. The Balaban J connectivity index is 1.30. The van der Waals surface area contributed by atoms with Crippen LogP contribution in [-0.2, 0) is 22.4 Å². The number of ether oxygens (including phenoxy) is 1. The van der Waals surface area contributed by atoms with E-state index in [1.807, 2.05) is 54.6 Å². The average Bonchev–Trinajstić information content (AvgIpc) is 3.30. The number of anilines is 1. The molecule has 1 amide bonds. The number of nitrogens with one attached hydrogen (secondary N) is 1. The summed E-state index contributed by atoms with van der Waals surface area (Å²) in [5.74, 6) is -0.811. The predicted molar refractivity (Wildman–Crippen MR) is 117 cm³/mol. The van der Waals surface area contributed by atoms with Gasteiger partial charge in [0.05, 0.1) is 11.1 Å². The standard InChI is InChI=1S/C24H20N4O4/c29-20(26-24-28-27-22(32-24)15-8-2-1-3-9-15)14-31-23(30)21-16-10-4-6-12-18(16)25-19-13-7-5-11-17(19)21/h1-4,6,8-10,12H,5,7,11,13-14H2,(H,26,28,29). The first kappa shape index (κ1) is 19.9. The maximum atomic E-state index is 13.0. The molecular formula is C24H20N4O4. The van der Waals surface area contributed by atoms with Crippen LogP contribution in [-0.4, -0.2) is 33.7 Å². The number of rotatable bonds is 5. The molecule has 0 unspecified atom stereocenters. The number of benzene rings is 2. The topological polar surface area (TPSA) is 107 Å². The van der Waals surface area contributed by atoms with Gasteiger partial charge in [-0.2, -0.15) is 0 Å². The minimum atomic E-state index is -0.561. The Kier molecular flexibility index (Phi) is 5.33. The van der Waals surface area contributed by atoms with Crippen molar-refractivity contribution in [1.82, 2.24) is 15.2 Å². The van der Waals surface area contributed by atoms with E-state index in [1.54, 1.807) is 0 Å². The Morgan fingerprint density at radius 2 is 1.75 bits per heavy atom. The van der Waals surface area contributed by atoms with Crippen molar-refractivity contribution >= 4 is 28.8 Å². The third kappa shape index (κ3) is 3.94. The fraction of sp³-hybridized carbons (Fsp3) is 0.208. The number of nitrogens with zero attached hydrogens (tertiary/aromatic N) is 3. The van der Waals surface area contributed by atoms with Gasteiger partial charge in [0.25, 0.3) is 5.91 Å². The Labute approximate surface area is 183 Å². The Bertz CT molecular complexity index is 1300. The number of pyridine rings is 1. The maximum Gasteiger partial charge on any atom is 0.339 e. The number of aromatic nitrogens is 3. The molecule has 2 aromatic carbocycles. The van der Waals surface area contributed by atoms with Crippen molar-refractivity contribution in [1.29, 1.82) is 0 Å². The Morgan fingerprint density at radius 1 is 0.969 bits per heavy atom. The third-order valence-corrected chi connectivity index (χ3v) is 5.40.